The van der Waals surface area contributed by atoms with E-state index in [0.29, 0.717) is 22.9 Å². The summed E-state index contributed by atoms with van der Waals surface area (Å²) in [5.74, 6) is -1.93. The van der Waals surface area contributed by atoms with Gasteiger partial charge in [0.25, 0.3) is 0 Å². The summed E-state index contributed by atoms with van der Waals surface area (Å²) in [5.41, 5.74) is 3.12. The molecule has 0 bridgehead atoms. The smallest absolute Gasteiger partial charge is 0.339 e. The van der Waals surface area contributed by atoms with Gasteiger partial charge in [-0.25, -0.2) is 0 Å². The van der Waals surface area contributed by atoms with Crippen molar-refractivity contribution in [1.29, 1.82) is 0 Å². The van der Waals surface area contributed by atoms with Crippen LogP contribution >= 0.6 is 0 Å². The Labute approximate surface area is 231 Å². The normalized spacial score (nSPS) is 17.5. The van der Waals surface area contributed by atoms with Crippen LogP contribution in [0.15, 0.2) is 97.2 Å². The van der Waals surface area contributed by atoms with Crippen LogP contribution in [0, 0.1) is 0 Å². The molecule has 1 saturated heterocycles. The molecule has 5 nitrogen and oxygen atoms in total. The van der Waals surface area contributed by atoms with E-state index < -0.39 is 18.1 Å². The molecule has 1 aromatic heterocycles. The molecule has 0 N–H and O–H groups in total. The van der Waals surface area contributed by atoms with Crippen LogP contribution < -0.4 is 0 Å². The van der Waals surface area contributed by atoms with Crippen LogP contribution in [0.4, 0.5) is 13.2 Å². The summed E-state index contributed by atoms with van der Waals surface area (Å²) >= 11 is 0. The molecular weight excluding hydrogens is 515 g/mol. The number of nitrogens with zero attached hydrogens (tertiary/aromatic N) is 3. The van der Waals surface area contributed by atoms with E-state index in [1.807, 2.05) is 66.7 Å². The lowest BCUT2D eigenvalue weighted by Gasteiger charge is -2.44. The lowest BCUT2D eigenvalue weighted by molar-refractivity contribution is -0.190. The van der Waals surface area contributed by atoms with Gasteiger partial charge in [0.05, 0.1) is 11.9 Å². The number of alkyl halides is 3. The highest BCUT2D eigenvalue weighted by Crippen LogP contribution is 2.31. The van der Waals surface area contributed by atoms with Crippen molar-refractivity contribution in [3.63, 3.8) is 0 Å². The fourth-order valence-corrected chi connectivity index (χ4v) is 5.60. The van der Waals surface area contributed by atoms with Crippen LogP contribution in [0.1, 0.15) is 29.5 Å². The second-order valence-corrected chi connectivity index (χ2v) is 10.2. The lowest BCUT2D eigenvalue weighted by atomic mass is 9.90. The number of pyridine rings is 1. The van der Waals surface area contributed by atoms with Crippen molar-refractivity contribution >= 4 is 22.7 Å². The van der Waals surface area contributed by atoms with E-state index in [2.05, 4.69) is 4.98 Å². The van der Waals surface area contributed by atoms with Crippen molar-refractivity contribution in [2.75, 3.05) is 6.54 Å². The van der Waals surface area contributed by atoms with E-state index in [1.54, 1.807) is 35.4 Å². The Morgan fingerprint density at radius 2 is 1.52 bits per heavy atom. The highest BCUT2D eigenvalue weighted by atomic mass is 19.4. The number of halogens is 3. The molecular formula is C32H30F3N3O2. The topological polar surface area (TPSA) is 53.5 Å². The van der Waals surface area contributed by atoms with Gasteiger partial charge in [0.15, 0.2) is 0 Å². The molecule has 40 heavy (non-hydrogen) atoms. The van der Waals surface area contributed by atoms with E-state index in [0.717, 1.165) is 16.0 Å². The van der Waals surface area contributed by atoms with E-state index in [9.17, 15) is 22.8 Å². The number of benzene rings is 3. The van der Waals surface area contributed by atoms with Crippen LogP contribution in [0.5, 0.6) is 0 Å². The number of piperidine rings is 1. The Morgan fingerprint density at radius 1 is 0.875 bits per heavy atom. The first kappa shape index (κ1) is 27.4. The second kappa shape index (κ2) is 11.9. The lowest BCUT2D eigenvalue weighted by Crippen LogP contribution is -2.56. The maximum atomic E-state index is 13.9. The standard InChI is InChI=1S/C32H30F3N3O2/c33-32(34,35)31(40)38(22-25-15-17-36-29-14-8-7-13-28(25)29)26-16-18-37(30(39)20-24-11-5-2-6-12-24)27(21-26)19-23-9-3-1-4-10-23/h1-15,17,26-27H,16,18-22H2/t26-,27+/m0/s1. The summed E-state index contributed by atoms with van der Waals surface area (Å²) in [4.78, 5) is 33.3. The molecule has 3 aromatic carbocycles. The van der Waals surface area contributed by atoms with Gasteiger partial charge in [-0.3, -0.25) is 14.6 Å². The number of hydrogen-bond acceptors (Lipinski definition) is 3. The van der Waals surface area contributed by atoms with E-state index >= 15 is 0 Å². The van der Waals surface area contributed by atoms with Gasteiger partial charge in [-0.15, -0.1) is 0 Å². The summed E-state index contributed by atoms with van der Waals surface area (Å²) in [6.45, 7) is 0.0780. The zero-order chi connectivity index (χ0) is 28.1. The van der Waals surface area contributed by atoms with Crippen LogP contribution in [0.3, 0.4) is 0 Å². The molecule has 2 atom stereocenters. The minimum absolute atomic E-state index is 0.0700. The van der Waals surface area contributed by atoms with Crippen LogP contribution in [-0.4, -0.2) is 51.4 Å². The van der Waals surface area contributed by atoms with Gasteiger partial charge in [0, 0.05) is 36.8 Å². The third-order valence-electron chi connectivity index (χ3n) is 7.54. The molecule has 8 heteroatoms. The van der Waals surface area contributed by atoms with Crippen molar-refractivity contribution in [2.45, 2.75) is 50.5 Å². The van der Waals surface area contributed by atoms with Crippen LogP contribution in [0.25, 0.3) is 10.9 Å². The average Bonchev–Trinajstić information content (AvgIpc) is 2.96. The quantitative estimate of drug-likeness (QED) is 0.288. The minimum atomic E-state index is -5.02. The number of carbonyl (C=O) groups excluding carboxylic acids is 2. The molecule has 2 heterocycles. The van der Waals surface area contributed by atoms with Crippen molar-refractivity contribution in [3.8, 4) is 0 Å². The molecule has 0 spiro atoms. The summed E-state index contributed by atoms with van der Waals surface area (Å²) in [5, 5.41) is 0.710. The first-order valence-electron chi connectivity index (χ1n) is 13.4. The zero-order valence-electron chi connectivity index (χ0n) is 21.9. The van der Waals surface area contributed by atoms with Crippen LogP contribution in [-0.2, 0) is 29.0 Å². The number of para-hydroxylation sites is 1. The van der Waals surface area contributed by atoms with Gasteiger partial charge in [-0.05, 0) is 48.1 Å². The molecule has 5 rings (SSSR count). The second-order valence-electron chi connectivity index (χ2n) is 10.2. The third-order valence-corrected chi connectivity index (χ3v) is 7.54. The van der Waals surface area contributed by atoms with Crippen LogP contribution in [0.2, 0.25) is 0 Å². The van der Waals surface area contributed by atoms with Crippen molar-refractivity contribution < 1.29 is 22.8 Å². The van der Waals surface area contributed by atoms with Gasteiger partial charge in [-0.2, -0.15) is 13.2 Å². The molecule has 2 amide bonds. The fraction of sp³-hybridized carbons (Fsp3) is 0.281. The third kappa shape index (κ3) is 6.33. The molecule has 1 fully saturated rings. The molecule has 0 unspecified atom stereocenters. The van der Waals surface area contributed by atoms with Crippen molar-refractivity contribution in [3.05, 3.63) is 114 Å². The highest BCUT2D eigenvalue weighted by Gasteiger charge is 2.46. The summed E-state index contributed by atoms with van der Waals surface area (Å²) in [6, 6.07) is 26.9. The fourth-order valence-electron chi connectivity index (χ4n) is 5.60. The Hall–Kier alpha value is -4.20. The summed E-state index contributed by atoms with van der Waals surface area (Å²) < 4.78 is 41.7. The first-order chi connectivity index (χ1) is 19.3. The molecule has 206 valence electrons. The Balaban J connectivity index is 1.44. The van der Waals surface area contributed by atoms with Crippen molar-refractivity contribution in [2.24, 2.45) is 0 Å². The number of amides is 2. The van der Waals surface area contributed by atoms with Crippen molar-refractivity contribution in [1.82, 2.24) is 14.8 Å². The number of rotatable bonds is 7. The highest BCUT2D eigenvalue weighted by molar-refractivity contribution is 5.85. The van der Waals surface area contributed by atoms with E-state index in [-0.39, 0.29) is 44.3 Å². The monoisotopic (exact) mass is 545 g/mol. The van der Waals surface area contributed by atoms with Gasteiger partial charge in [0.2, 0.25) is 5.91 Å². The van der Waals surface area contributed by atoms with Gasteiger partial charge in [-0.1, -0.05) is 78.9 Å². The summed E-state index contributed by atoms with van der Waals surface area (Å²) in [7, 11) is 0. The molecule has 0 radical (unpaired) electrons. The zero-order valence-corrected chi connectivity index (χ0v) is 21.9. The molecule has 1 aliphatic heterocycles. The van der Waals surface area contributed by atoms with Gasteiger partial charge in [0.1, 0.15) is 0 Å². The molecule has 1 aliphatic rings. The molecule has 0 aliphatic carbocycles. The maximum Gasteiger partial charge on any atom is 0.471 e. The molecule has 0 saturated carbocycles. The predicted octanol–water partition coefficient (Wildman–Crippen LogP) is 5.97. The van der Waals surface area contributed by atoms with E-state index in [1.165, 1.54) is 0 Å². The maximum absolute atomic E-state index is 13.9. The van der Waals surface area contributed by atoms with Gasteiger partial charge < -0.3 is 9.80 Å². The molecule has 4 aromatic rings. The Morgan fingerprint density at radius 3 is 2.23 bits per heavy atom. The van der Waals surface area contributed by atoms with E-state index in [4.69, 9.17) is 0 Å². The predicted molar refractivity (Wildman–Crippen MR) is 147 cm³/mol. The Bertz CT molecular complexity index is 1460. The number of carbonyl (C=O) groups is 2. The van der Waals surface area contributed by atoms with Gasteiger partial charge >= 0.3 is 12.1 Å². The SMILES string of the molecule is O=C(Cc1ccccc1)N1CC[C@H](N(Cc2ccnc3ccccc23)C(=O)C(F)(F)F)C[C@H]1Cc1ccccc1. The number of aromatic nitrogens is 1. The number of likely N-dealkylation sites (tertiary alicyclic amines) is 1. The number of fused-ring (bicyclic) bond motifs is 1. The summed E-state index contributed by atoms with van der Waals surface area (Å²) in [6.07, 6.45) is -2.25. The minimum Gasteiger partial charge on any atom is -0.339 e. The first-order valence-corrected chi connectivity index (χ1v) is 13.4. The average molecular weight is 546 g/mol. The number of hydrogen-bond donors (Lipinski definition) is 0. The Kier molecular flexibility index (Phi) is 8.14. The largest absolute Gasteiger partial charge is 0.471 e.